The van der Waals surface area contributed by atoms with E-state index in [1.807, 2.05) is 68.4 Å². The second-order valence-corrected chi connectivity index (χ2v) is 8.75. The van der Waals surface area contributed by atoms with Gasteiger partial charge in [0.2, 0.25) is 10.0 Å². The number of aryl methyl sites for hydroxylation is 1. The minimum atomic E-state index is -3.60. The summed E-state index contributed by atoms with van der Waals surface area (Å²) in [5.74, 6) is 0. The first-order valence-corrected chi connectivity index (χ1v) is 10.6. The molecule has 4 nitrogen and oxygen atoms in total. The van der Waals surface area contributed by atoms with Gasteiger partial charge in [-0.1, -0.05) is 54.6 Å². The third-order valence-electron chi connectivity index (χ3n) is 4.70. The molecule has 0 heterocycles. The normalized spacial score (nSPS) is 12.9. The number of hydrogen-bond donors (Lipinski definition) is 1. The van der Waals surface area contributed by atoms with Crippen molar-refractivity contribution in [2.45, 2.75) is 30.7 Å². The summed E-state index contributed by atoms with van der Waals surface area (Å²) in [7, 11) is 0.315. The monoisotopic (exact) mass is 382 g/mol. The van der Waals surface area contributed by atoms with Crippen molar-refractivity contribution in [1.82, 2.24) is 4.72 Å². The lowest BCUT2D eigenvalue weighted by molar-refractivity contribution is 0.547. The van der Waals surface area contributed by atoms with Crippen molar-refractivity contribution in [1.29, 1.82) is 0 Å². The van der Waals surface area contributed by atoms with Gasteiger partial charge in [-0.25, -0.2) is 13.1 Å². The fourth-order valence-electron chi connectivity index (χ4n) is 3.30. The highest BCUT2D eigenvalue weighted by Gasteiger charge is 2.20. The van der Waals surface area contributed by atoms with Gasteiger partial charge in [-0.2, -0.15) is 0 Å². The maximum Gasteiger partial charge on any atom is 0.241 e. The van der Waals surface area contributed by atoms with E-state index in [1.54, 1.807) is 12.1 Å². The predicted molar refractivity (Wildman–Crippen MR) is 113 cm³/mol. The largest absolute Gasteiger partial charge is 0.377 e. The molecule has 0 saturated heterocycles. The SMILES string of the molecule is CC(CCc1ccccc1)NS(=O)(=O)c1cccc2c(N(C)C)cccc12. The van der Waals surface area contributed by atoms with Crippen LogP contribution >= 0.6 is 0 Å². The minimum absolute atomic E-state index is 0.150. The zero-order valence-corrected chi connectivity index (χ0v) is 16.8. The number of sulfonamides is 1. The molecule has 142 valence electrons. The number of nitrogens with zero attached hydrogens (tertiary/aromatic N) is 1. The second kappa shape index (κ2) is 8.11. The van der Waals surface area contributed by atoms with E-state index in [9.17, 15) is 8.42 Å². The molecule has 27 heavy (non-hydrogen) atoms. The molecule has 0 aliphatic heterocycles. The van der Waals surface area contributed by atoms with Crippen LogP contribution in [0.3, 0.4) is 0 Å². The Morgan fingerprint density at radius 1 is 0.889 bits per heavy atom. The van der Waals surface area contributed by atoms with Gasteiger partial charge in [0.1, 0.15) is 0 Å². The molecule has 3 aromatic rings. The lowest BCUT2D eigenvalue weighted by Crippen LogP contribution is -2.33. The number of benzene rings is 3. The molecule has 0 bridgehead atoms. The van der Waals surface area contributed by atoms with Gasteiger partial charge in [-0.3, -0.25) is 0 Å². The Morgan fingerprint density at radius 2 is 1.56 bits per heavy atom. The van der Waals surface area contributed by atoms with Crippen LogP contribution in [0.25, 0.3) is 10.8 Å². The first-order chi connectivity index (χ1) is 12.9. The molecular formula is C22H26N2O2S. The predicted octanol–water partition coefficient (Wildman–Crippen LogP) is 4.21. The van der Waals surface area contributed by atoms with Crippen LogP contribution in [0.1, 0.15) is 18.9 Å². The van der Waals surface area contributed by atoms with Crippen LogP contribution in [0.5, 0.6) is 0 Å². The third kappa shape index (κ3) is 4.49. The molecule has 0 saturated carbocycles. The van der Waals surface area contributed by atoms with E-state index in [0.717, 1.165) is 29.3 Å². The number of nitrogens with one attached hydrogen (secondary N) is 1. The summed E-state index contributed by atoms with van der Waals surface area (Å²) in [6.07, 6.45) is 1.59. The van der Waals surface area contributed by atoms with Crippen LogP contribution in [0.2, 0.25) is 0 Å². The average molecular weight is 383 g/mol. The number of hydrogen-bond acceptors (Lipinski definition) is 3. The Kier molecular flexibility index (Phi) is 5.82. The smallest absolute Gasteiger partial charge is 0.241 e. The first-order valence-electron chi connectivity index (χ1n) is 9.14. The summed E-state index contributed by atoms with van der Waals surface area (Å²) >= 11 is 0. The fraction of sp³-hybridized carbons (Fsp3) is 0.273. The third-order valence-corrected chi connectivity index (χ3v) is 6.34. The van der Waals surface area contributed by atoms with E-state index >= 15 is 0 Å². The molecule has 1 N–H and O–H groups in total. The quantitative estimate of drug-likeness (QED) is 0.666. The van der Waals surface area contributed by atoms with Gasteiger partial charge in [0.15, 0.2) is 0 Å². The van der Waals surface area contributed by atoms with E-state index in [0.29, 0.717) is 4.90 Å². The molecule has 0 aromatic heterocycles. The number of rotatable bonds is 7. The van der Waals surface area contributed by atoms with Crippen molar-refractivity contribution in [3.05, 3.63) is 72.3 Å². The summed E-state index contributed by atoms with van der Waals surface area (Å²) in [6.45, 7) is 1.91. The van der Waals surface area contributed by atoms with Crippen molar-refractivity contribution in [3.8, 4) is 0 Å². The van der Waals surface area contributed by atoms with Crippen molar-refractivity contribution >= 4 is 26.5 Å². The summed E-state index contributed by atoms with van der Waals surface area (Å²) in [6, 6.07) is 21.2. The molecule has 5 heteroatoms. The molecule has 3 rings (SSSR count). The van der Waals surface area contributed by atoms with E-state index in [1.165, 1.54) is 5.56 Å². The molecule has 0 aliphatic rings. The summed E-state index contributed by atoms with van der Waals surface area (Å²) in [5.41, 5.74) is 2.21. The number of anilines is 1. The van der Waals surface area contributed by atoms with Crippen LogP contribution in [-0.4, -0.2) is 28.6 Å². The van der Waals surface area contributed by atoms with E-state index in [2.05, 4.69) is 16.9 Å². The molecule has 1 unspecified atom stereocenters. The van der Waals surface area contributed by atoms with Gasteiger partial charge in [0.25, 0.3) is 0 Å². The molecule has 0 fully saturated rings. The van der Waals surface area contributed by atoms with Crippen LogP contribution in [0, 0.1) is 0 Å². The highest BCUT2D eigenvalue weighted by atomic mass is 32.2. The summed E-state index contributed by atoms with van der Waals surface area (Å²) in [5, 5.41) is 1.67. The maximum atomic E-state index is 13.0. The van der Waals surface area contributed by atoms with Crippen molar-refractivity contribution in [2.24, 2.45) is 0 Å². The average Bonchev–Trinajstić information content (AvgIpc) is 2.65. The Morgan fingerprint density at radius 3 is 2.26 bits per heavy atom. The fourth-order valence-corrected chi connectivity index (χ4v) is 4.80. The van der Waals surface area contributed by atoms with E-state index in [-0.39, 0.29) is 6.04 Å². The molecule has 0 amide bonds. The highest BCUT2D eigenvalue weighted by Crippen LogP contribution is 2.30. The lowest BCUT2D eigenvalue weighted by Gasteiger charge is -2.18. The molecule has 1 atom stereocenters. The zero-order valence-electron chi connectivity index (χ0n) is 16.0. The van der Waals surface area contributed by atoms with Crippen molar-refractivity contribution in [3.63, 3.8) is 0 Å². The van der Waals surface area contributed by atoms with Gasteiger partial charge in [-0.15, -0.1) is 0 Å². The molecule has 0 radical (unpaired) electrons. The summed E-state index contributed by atoms with van der Waals surface area (Å²) < 4.78 is 28.9. The van der Waals surface area contributed by atoms with E-state index in [4.69, 9.17) is 0 Å². The van der Waals surface area contributed by atoms with Crippen molar-refractivity contribution in [2.75, 3.05) is 19.0 Å². The van der Waals surface area contributed by atoms with Crippen LogP contribution in [0.15, 0.2) is 71.6 Å². The van der Waals surface area contributed by atoms with Gasteiger partial charge in [0, 0.05) is 36.6 Å². The van der Waals surface area contributed by atoms with Crippen LogP contribution in [-0.2, 0) is 16.4 Å². The topological polar surface area (TPSA) is 49.4 Å². The molecule has 0 spiro atoms. The first kappa shape index (κ1) is 19.4. The Balaban J connectivity index is 1.83. The van der Waals surface area contributed by atoms with Gasteiger partial charge in [0.05, 0.1) is 4.90 Å². The van der Waals surface area contributed by atoms with Gasteiger partial charge >= 0.3 is 0 Å². The Bertz CT molecular complexity index is 1010. The van der Waals surface area contributed by atoms with Gasteiger partial charge in [-0.05, 0) is 37.5 Å². The molecule has 3 aromatic carbocycles. The standard InChI is InChI=1S/C22H26N2O2S/c1-17(15-16-18-9-5-4-6-10-18)23-27(25,26)22-14-8-11-19-20(22)12-7-13-21(19)24(2)3/h4-14,17,23H,15-16H2,1-3H3. The lowest BCUT2D eigenvalue weighted by atomic mass is 10.1. The molecular weight excluding hydrogens is 356 g/mol. The van der Waals surface area contributed by atoms with Crippen LogP contribution < -0.4 is 9.62 Å². The Labute approximate surface area is 161 Å². The van der Waals surface area contributed by atoms with E-state index < -0.39 is 10.0 Å². The second-order valence-electron chi connectivity index (χ2n) is 7.07. The summed E-state index contributed by atoms with van der Waals surface area (Å²) in [4.78, 5) is 2.32. The Hall–Kier alpha value is -2.37. The maximum absolute atomic E-state index is 13.0. The highest BCUT2D eigenvalue weighted by molar-refractivity contribution is 7.89. The van der Waals surface area contributed by atoms with Gasteiger partial charge < -0.3 is 4.90 Å². The van der Waals surface area contributed by atoms with Crippen molar-refractivity contribution < 1.29 is 8.42 Å². The molecule has 0 aliphatic carbocycles. The zero-order chi connectivity index (χ0) is 19.4. The number of fused-ring (bicyclic) bond motifs is 1. The van der Waals surface area contributed by atoms with Crippen LogP contribution in [0.4, 0.5) is 5.69 Å². The minimum Gasteiger partial charge on any atom is -0.377 e.